The molecule has 0 bridgehead atoms. The molecule has 1 aromatic carbocycles. The molecule has 0 saturated heterocycles. The summed E-state index contributed by atoms with van der Waals surface area (Å²) in [6.45, 7) is 7.55. The fourth-order valence-electron chi connectivity index (χ4n) is 2.47. The maximum atomic E-state index is 12.7. The van der Waals surface area contributed by atoms with E-state index >= 15 is 0 Å². The molecule has 0 aliphatic rings. The average molecular weight is 517 g/mol. The molecule has 0 amide bonds. The molecule has 0 aliphatic heterocycles. The van der Waals surface area contributed by atoms with Gasteiger partial charge < -0.3 is 17.7 Å². The zero-order chi connectivity index (χ0) is 16.9. The first-order chi connectivity index (χ1) is 10.1. The van der Waals surface area contributed by atoms with Gasteiger partial charge in [-0.15, -0.1) is 5.75 Å². The molecule has 5 heteroatoms. The van der Waals surface area contributed by atoms with Gasteiger partial charge >= 0.3 is 22.4 Å². The third kappa shape index (κ3) is 7.25. The average Bonchev–Trinajstić information content (AvgIpc) is 2.42. The fourth-order valence-corrected chi connectivity index (χ4v) is 2.82. The van der Waals surface area contributed by atoms with Crippen LogP contribution in [0.5, 0.6) is 5.75 Å². The summed E-state index contributed by atoms with van der Waals surface area (Å²) in [4.78, 5) is 24.2. The largest absolute Gasteiger partial charge is 1.00 e. The van der Waals surface area contributed by atoms with Gasteiger partial charge in [0.2, 0.25) is 0 Å². The topological polar surface area (TPSA) is 57.2 Å². The van der Waals surface area contributed by atoms with E-state index in [9.17, 15) is 14.7 Å². The van der Waals surface area contributed by atoms with Crippen molar-refractivity contribution in [2.75, 3.05) is 5.75 Å². The van der Waals surface area contributed by atoms with Crippen molar-refractivity contribution in [1.82, 2.24) is 0 Å². The van der Waals surface area contributed by atoms with Gasteiger partial charge in [-0.25, -0.2) is 0 Å². The van der Waals surface area contributed by atoms with Crippen LogP contribution in [0.25, 0.3) is 0 Å². The Labute approximate surface area is 160 Å². The molecule has 0 N–H and O–H groups in total. The second-order valence-electron chi connectivity index (χ2n) is 6.91. The van der Waals surface area contributed by atoms with Crippen molar-refractivity contribution in [3.8, 4) is 5.75 Å². The first kappa shape index (κ1) is 22.5. The summed E-state index contributed by atoms with van der Waals surface area (Å²) in [6, 6.07) is 6.57. The molecule has 1 rings (SSSR count). The molecule has 0 radical (unpaired) electrons. The first-order valence-electron chi connectivity index (χ1n) is 7.52. The summed E-state index contributed by atoms with van der Waals surface area (Å²) in [6.07, 6.45) is 0.783. The van der Waals surface area contributed by atoms with Crippen LogP contribution in [0, 0.1) is 17.3 Å². The first-order valence-corrected chi connectivity index (χ1v) is 8.10. The summed E-state index contributed by atoms with van der Waals surface area (Å²) < 4.78 is 0. The van der Waals surface area contributed by atoms with E-state index in [0.717, 1.165) is 5.56 Å². The monoisotopic (exact) mass is 517 g/mol. The van der Waals surface area contributed by atoms with Crippen molar-refractivity contribution in [3.05, 3.63) is 29.8 Å². The zero-order valence-corrected chi connectivity index (χ0v) is 17.0. The number of carbonyl (C=O) groups is 2. The van der Waals surface area contributed by atoms with E-state index in [1.807, 2.05) is 20.8 Å². The van der Waals surface area contributed by atoms with Crippen LogP contribution in [-0.4, -0.2) is 17.3 Å². The molecule has 0 aromatic heterocycles. The van der Waals surface area contributed by atoms with E-state index < -0.39 is 0 Å². The Morgan fingerprint density at radius 2 is 1.70 bits per heavy atom. The van der Waals surface area contributed by atoms with Gasteiger partial charge in [0.1, 0.15) is 11.6 Å². The van der Waals surface area contributed by atoms with Crippen molar-refractivity contribution in [2.24, 2.45) is 17.3 Å². The standard InChI is InChI=1S/C18H26O3S.Au/c1-12(19)14(11-22)10-17(21)16(18(2,3)4)9-13-5-7-15(20)8-6-13;/h5-8,14,16,20,22H,9-11H2,1-4H3;/q;+1/p-2. The van der Waals surface area contributed by atoms with Gasteiger partial charge in [0.05, 0.1) is 0 Å². The minimum atomic E-state index is -0.364. The number of hydrogen-bond acceptors (Lipinski definition) is 4. The van der Waals surface area contributed by atoms with Crippen LogP contribution in [0.1, 0.15) is 39.7 Å². The van der Waals surface area contributed by atoms with Crippen molar-refractivity contribution < 1.29 is 37.1 Å². The number of ketones is 2. The molecule has 0 saturated carbocycles. The van der Waals surface area contributed by atoms with Gasteiger partial charge in [-0.2, -0.15) is 5.75 Å². The van der Waals surface area contributed by atoms with E-state index in [1.165, 1.54) is 19.1 Å². The number of benzene rings is 1. The van der Waals surface area contributed by atoms with Gasteiger partial charge in [-0.1, -0.05) is 45.0 Å². The molecule has 23 heavy (non-hydrogen) atoms. The Morgan fingerprint density at radius 3 is 2.09 bits per heavy atom. The molecule has 2 atom stereocenters. The Hall–Kier alpha value is -0.550. The molecule has 0 spiro atoms. The van der Waals surface area contributed by atoms with Crippen LogP contribution >= 0.6 is 0 Å². The predicted molar refractivity (Wildman–Crippen MR) is 88.6 cm³/mol. The van der Waals surface area contributed by atoms with E-state index in [1.54, 1.807) is 12.1 Å². The summed E-state index contributed by atoms with van der Waals surface area (Å²) in [7, 11) is 0. The van der Waals surface area contributed by atoms with Crippen molar-refractivity contribution >= 4 is 24.2 Å². The fraction of sp³-hybridized carbons (Fsp3) is 0.556. The molecular formula is C18H24AuO3S-. The van der Waals surface area contributed by atoms with Crippen molar-refractivity contribution in [3.63, 3.8) is 0 Å². The maximum Gasteiger partial charge on any atom is 1.00 e. The number of hydrogen-bond donors (Lipinski definition) is 0. The van der Waals surface area contributed by atoms with Gasteiger partial charge in [-0.05, 0) is 24.3 Å². The molecule has 3 nitrogen and oxygen atoms in total. The molecule has 0 heterocycles. The van der Waals surface area contributed by atoms with Gasteiger partial charge in [0.25, 0.3) is 0 Å². The second kappa shape index (κ2) is 9.67. The minimum absolute atomic E-state index is 0. The molecule has 2 unspecified atom stereocenters. The minimum Gasteiger partial charge on any atom is -0.872 e. The molecule has 1 aromatic rings. The Bertz CT molecular complexity index is 520. The molecule has 132 valence electrons. The third-order valence-electron chi connectivity index (χ3n) is 4.02. The van der Waals surface area contributed by atoms with Crippen LogP contribution in [-0.2, 0) is 51.0 Å². The van der Waals surface area contributed by atoms with Crippen LogP contribution in [0.3, 0.4) is 0 Å². The number of rotatable bonds is 7. The molecular weight excluding hydrogens is 493 g/mol. The van der Waals surface area contributed by atoms with Gasteiger partial charge in [-0.3, -0.25) is 9.59 Å². The third-order valence-corrected chi connectivity index (χ3v) is 4.42. The Kier molecular flexibility index (Phi) is 9.44. The van der Waals surface area contributed by atoms with Gasteiger partial charge in [0, 0.05) is 18.3 Å². The maximum absolute atomic E-state index is 12.7. The van der Waals surface area contributed by atoms with E-state index in [-0.39, 0.29) is 69.1 Å². The van der Waals surface area contributed by atoms with Crippen LogP contribution < -0.4 is 5.11 Å². The SMILES string of the molecule is CC(=O)C(C[S-])CC(=O)C(Cc1ccc([O-])cc1)C(C)(C)C.[Au+]. The van der Waals surface area contributed by atoms with Crippen LogP contribution in [0.4, 0.5) is 0 Å². The predicted octanol–water partition coefficient (Wildman–Crippen LogP) is 2.67. The van der Waals surface area contributed by atoms with E-state index in [4.69, 9.17) is 12.6 Å². The van der Waals surface area contributed by atoms with Crippen molar-refractivity contribution in [1.29, 1.82) is 0 Å². The Morgan fingerprint density at radius 1 is 1.17 bits per heavy atom. The van der Waals surface area contributed by atoms with Crippen molar-refractivity contribution in [2.45, 2.75) is 40.5 Å². The smallest absolute Gasteiger partial charge is 0.872 e. The molecule has 0 fully saturated rings. The van der Waals surface area contributed by atoms with Crippen LogP contribution in [0.2, 0.25) is 0 Å². The second-order valence-corrected chi connectivity index (χ2v) is 7.24. The van der Waals surface area contributed by atoms with Gasteiger partial charge in [0.15, 0.2) is 0 Å². The number of carbonyl (C=O) groups excluding carboxylic acids is 2. The summed E-state index contributed by atoms with van der Waals surface area (Å²) in [5, 5.41) is 11.2. The van der Waals surface area contributed by atoms with Crippen LogP contribution in [0.15, 0.2) is 24.3 Å². The summed E-state index contributed by atoms with van der Waals surface area (Å²) in [5.74, 6) is -0.270. The zero-order valence-electron chi connectivity index (χ0n) is 14.0. The molecule has 0 aliphatic carbocycles. The van der Waals surface area contributed by atoms with E-state index in [2.05, 4.69) is 0 Å². The Balaban J connectivity index is 0.00000484. The quantitative estimate of drug-likeness (QED) is 0.413. The van der Waals surface area contributed by atoms with E-state index in [0.29, 0.717) is 6.42 Å². The normalized spacial score (nSPS) is 13.8. The number of Topliss-reactive ketones (excluding diaryl/α,β-unsaturated/α-hetero) is 2. The summed E-state index contributed by atoms with van der Waals surface area (Å²) >= 11 is 4.98. The summed E-state index contributed by atoms with van der Waals surface area (Å²) in [5.41, 5.74) is 0.751.